The average molecular weight is 180 g/mol. The van der Waals surface area contributed by atoms with Crippen molar-refractivity contribution < 1.29 is 13.2 Å². The van der Waals surface area contributed by atoms with E-state index in [-0.39, 0.29) is 18.6 Å². The van der Waals surface area contributed by atoms with E-state index in [1.165, 1.54) is 0 Å². The van der Waals surface area contributed by atoms with E-state index in [1.807, 2.05) is 0 Å². The second-order valence-electron chi connectivity index (χ2n) is 3.46. The van der Waals surface area contributed by atoms with Crippen LogP contribution in [0, 0.1) is 0 Å². The summed E-state index contributed by atoms with van der Waals surface area (Å²) in [4.78, 5) is 0.664. The van der Waals surface area contributed by atoms with Crippen LogP contribution in [-0.2, 0) is 0 Å². The fraction of sp³-hybridized carbons (Fsp3) is 1.00. The number of hydrogen-bond acceptors (Lipinski definition) is 2. The summed E-state index contributed by atoms with van der Waals surface area (Å²) < 4.78 is 36.9. The van der Waals surface area contributed by atoms with E-state index in [0.29, 0.717) is 17.9 Å². The van der Waals surface area contributed by atoms with Gasteiger partial charge in [0.2, 0.25) is 0 Å². The van der Waals surface area contributed by atoms with Gasteiger partial charge in [0.1, 0.15) is 0 Å². The van der Waals surface area contributed by atoms with Crippen LogP contribution in [0.15, 0.2) is 0 Å². The lowest BCUT2D eigenvalue weighted by molar-refractivity contribution is -0.271. The summed E-state index contributed by atoms with van der Waals surface area (Å²) in [5.41, 5.74) is 0. The Morgan fingerprint density at radius 2 is 2.00 bits per heavy atom. The molecule has 3 aliphatic rings. The van der Waals surface area contributed by atoms with Crippen molar-refractivity contribution in [3.05, 3.63) is 0 Å². The first kappa shape index (κ1) is 8.31. The van der Waals surface area contributed by atoms with Gasteiger partial charge in [-0.1, -0.05) is 0 Å². The number of rotatable bonds is 0. The van der Waals surface area contributed by atoms with Gasteiger partial charge in [-0.2, -0.15) is 13.2 Å². The van der Waals surface area contributed by atoms with Crippen LogP contribution in [-0.4, -0.2) is 36.4 Å². The lowest BCUT2D eigenvalue weighted by Gasteiger charge is -2.46. The predicted octanol–water partition coefficient (Wildman–Crippen LogP) is 0.942. The van der Waals surface area contributed by atoms with Crippen molar-refractivity contribution in [3.63, 3.8) is 0 Å². The van der Waals surface area contributed by atoms with E-state index in [4.69, 9.17) is 0 Å². The molecule has 0 aromatic heterocycles. The first-order valence-electron chi connectivity index (χ1n) is 4.14. The number of hydrogen-bond donors (Lipinski definition) is 1. The molecule has 2 bridgehead atoms. The Hall–Kier alpha value is -0.290. The van der Waals surface area contributed by atoms with Gasteiger partial charge < -0.3 is 5.32 Å². The maximum absolute atomic E-state index is 12.3. The van der Waals surface area contributed by atoms with E-state index in [1.54, 1.807) is 0 Å². The Morgan fingerprint density at radius 3 is 2.25 bits per heavy atom. The number of halogens is 3. The fourth-order valence-electron chi connectivity index (χ4n) is 2.02. The number of piperazine rings is 1. The topological polar surface area (TPSA) is 15.3 Å². The largest absolute Gasteiger partial charge is 0.460 e. The zero-order valence-corrected chi connectivity index (χ0v) is 6.56. The molecule has 0 spiro atoms. The third-order valence-electron chi connectivity index (χ3n) is 2.67. The SMILES string of the molecule is FC(F)(F)N1CC2CCC1CN2. The van der Waals surface area contributed by atoms with Crippen LogP contribution >= 0.6 is 0 Å². The molecule has 3 aliphatic heterocycles. The molecule has 0 saturated carbocycles. The molecular weight excluding hydrogens is 169 g/mol. The zero-order valence-electron chi connectivity index (χ0n) is 6.56. The summed E-state index contributed by atoms with van der Waals surface area (Å²) >= 11 is 0. The monoisotopic (exact) mass is 180 g/mol. The van der Waals surface area contributed by atoms with Crippen LogP contribution in [0.25, 0.3) is 0 Å². The summed E-state index contributed by atoms with van der Waals surface area (Å²) in [5.74, 6) is 0. The molecule has 2 atom stereocenters. The van der Waals surface area contributed by atoms with Gasteiger partial charge in [-0.25, -0.2) is 4.90 Å². The lowest BCUT2D eigenvalue weighted by Crippen LogP contribution is -2.64. The van der Waals surface area contributed by atoms with Gasteiger partial charge in [-0.15, -0.1) is 0 Å². The van der Waals surface area contributed by atoms with E-state index in [2.05, 4.69) is 5.32 Å². The maximum atomic E-state index is 12.3. The first-order chi connectivity index (χ1) is 5.57. The summed E-state index contributed by atoms with van der Waals surface area (Å²) in [6, 6.07) is -0.272. The molecule has 3 saturated heterocycles. The van der Waals surface area contributed by atoms with Crippen molar-refractivity contribution in [2.45, 2.75) is 31.2 Å². The maximum Gasteiger partial charge on any atom is 0.460 e. The highest BCUT2D eigenvalue weighted by atomic mass is 19.4. The summed E-state index contributed by atoms with van der Waals surface area (Å²) in [5, 5.41) is 3.08. The minimum absolute atomic E-state index is 0.0524. The van der Waals surface area contributed by atoms with Crippen molar-refractivity contribution >= 4 is 0 Å². The zero-order chi connectivity index (χ0) is 8.77. The third-order valence-corrected chi connectivity index (χ3v) is 2.67. The summed E-state index contributed by atoms with van der Waals surface area (Å²) in [6.07, 6.45) is -2.57. The van der Waals surface area contributed by atoms with Crippen molar-refractivity contribution in [2.24, 2.45) is 0 Å². The highest BCUT2D eigenvalue weighted by Crippen LogP contribution is 2.32. The van der Waals surface area contributed by atoms with Crippen LogP contribution in [0.3, 0.4) is 0 Å². The van der Waals surface area contributed by atoms with E-state index in [0.717, 1.165) is 6.42 Å². The average Bonchev–Trinajstić information content (AvgIpc) is 2.05. The van der Waals surface area contributed by atoms with E-state index < -0.39 is 6.30 Å². The molecule has 12 heavy (non-hydrogen) atoms. The minimum atomic E-state index is -4.13. The van der Waals surface area contributed by atoms with Crippen LogP contribution in [0.1, 0.15) is 12.8 Å². The standard InChI is InChI=1S/C7H11F3N2/c8-7(9,10)12-4-5-1-2-6(12)3-11-5/h5-6,11H,1-4H2. The third kappa shape index (κ3) is 1.31. The van der Waals surface area contributed by atoms with Crippen molar-refractivity contribution in [1.29, 1.82) is 0 Å². The van der Waals surface area contributed by atoms with Gasteiger partial charge in [-0.05, 0) is 12.8 Å². The van der Waals surface area contributed by atoms with Crippen LogP contribution in [0.4, 0.5) is 13.2 Å². The van der Waals surface area contributed by atoms with Gasteiger partial charge in [0.25, 0.3) is 0 Å². The molecule has 70 valence electrons. The van der Waals surface area contributed by atoms with Gasteiger partial charge in [0, 0.05) is 25.2 Å². The summed E-state index contributed by atoms with van der Waals surface area (Å²) in [7, 11) is 0. The molecule has 0 aliphatic carbocycles. The highest BCUT2D eigenvalue weighted by Gasteiger charge is 2.47. The molecule has 0 amide bonds. The lowest BCUT2D eigenvalue weighted by atomic mass is 9.93. The molecular formula is C7H11F3N2. The second-order valence-corrected chi connectivity index (χ2v) is 3.46. The minimum Gasteiger partial charge on any atom is -0.311 e. The first-order valence-corrected chi connectivity index (χ1v) is 4.14. The Morgan fingerprint density at radius 1 is 1.25 bits per heavy atom. The number of nitrogens with one attached hydrogen (secondary N) is 1. The van der Waals surface area contributed by atoms with Gasteiger partial charge >= 0.3 is 6.30 Å². The second kappa shape index (κ2) is 2.60. The molecule has 5 heteroatoms. The Bertz CT molecular complexity index is 172. The molecule has 3 fully saturated rings. The molecule has 3 rings (SSSR count). The normalized spacial score (nSPS) is 37.2. The number of alkyl halides is 3. The summed E-state index contributed by atoms with van der Waals surface area (Å²) in [6.45, 7) is 0.623. The van der Waals surface area contributed by atoms with Gasteiger partial charge in [0.15, 0.2) is 0 Å². The Labute approximate surface area is 68.7 Å². The smallest absolute Gasteiger partial charge is 0.311 e. The number of piperidine rings is 2. The van der Waals surface area contributed by atoms with E-state index in [9.17, 15) is 13.2 Å². The molecule has 0 aromatic carbocycles. The number of nitrogens with zero attached hydrogens (tertiary/aromatic N) is 1. The van der Waals surface area contributed by atoms with Gasteiger partial charge in [0.05, 0.1) is 0 Å². The molecule has 3 heterocycles. The van der Waals surface area contributed by atoms with Crippen molar-refractivity contribution in [1.82, 2.24) is 10.2 Å². The van der Waals surface area contributed by atoms with Crippen LogP contribution in [0.2, 0.25) is 0 Å². The highest BCUT2D eigenvalue weighted by molar-refractivity contribution is 4.93. The van der Waals surface area contributed by atoms with Crippen LogP contribution in [0.5, 0.6) is 0 Å². The number of fused-ring (bicyclic) bond motifs is 3. The molecule has 2 nitrogen and oxygen atoms in total. The molecule has 2 unspecified atom stereocenters. The quantitative estimate of drug-likeness (QED) is 0.558. The molecule has 0 aromatic rings. The fourth-order valence-corrected chi connectivity index (χ4v) is 2.02. The molecule has 0 radical (unpaired) electrons. The van der Waals surface area contributed by atoms with Gasteiger partial charge in [-0.3, -0.25) is 0 Å². The van der Waals surface area contributed by atoms with E-state index >= 15 is 0 Å². The molecule has 1 N–H and O–H groups in total. The Kier molecular flexibility index (Phi) is 1.80. The van der Waals surface area contributed by atoms with Crippen molar-refractivity contribution in [2.75, 3.05) is 13.1 Å². The predicted molar refractivity (Wildman–Crippen MR) is 37.6 cm³/mol. The Balaban J connectivity index is 2.09. The van der Waals surface area contributed by atoms with Crippen LogP contribution < -0.4 is 5.32 Å². The van der Waals surface area contributed by atoms with Crippen molar-refractivity contribution in [3.8, 4) is 0 Å².